The van der Waals surface area contributed by atoms with E-state index in [1.165, 1.54) is 18.2 Å². The van der Waals surface area contributed by atoms with Gasteiger partial charge >= 0.3 is 0 Å². The van der Waals surface area contributed by atoms with Crippen molar-refractivity contribution in [1.29, 1.82) is 0 Å². The van der Waals surface area contributed by atoms with Crippen molar-refractivity contribution in [2.75, 3.05) is 0 Å². The highest BCUT2D eigenvalue weighted by Gasteiger charge is 2.16. The predicted octanol–water partition coefficient (Wildman–Crippen LogP) is 3.29. The van der Waals surface area contributed by atoms with Crippen LogP contribution in [0.5, 0.6) is 0 Å². The Bertz CT molecular complexity index is 510. The molecule has 0 saturated carbocycles. The van der Waals surface area contributed by atoms with Crippen molar-refractivity contribution < 1.29 is 18.3 Å². The van der Waals surface area contributed by atoms with Crippen LogP contribution >= 0.6 is 11.6 Å². The van der Waals surface area contributed by atoms with Crippen LogP contribution in [0, 0.1) is 11.6 Å². The Labute approximate surface area is 95.1 Å². The van der Waals surface area contributed by atoms with E-state index >= 15 is 0 Å². The van der Waals surface area contributed by atoms with Crippen LogP contribution in [0.15, 0.2) is 34.7 Å². The molecule has 2 rings (SSSR count). The minimum absolute atomic E-state index is 0.122. The summed E-state index contributed by atoms with van der Waals surface area (Å²) >= 11 is 5.54. The van der Waals surface area contributed by atoms with Gasteiger partial charge in [0.25, 0.3) is 0 Å². The van der Waals surface area contributed by atoms with E-state index in [2.05, 4.69) is 0 Å². The Morgan fingerprint density at radius 2 is 1.88 bits per heavy atom. The molecule has 1 unspecified atom stereocenters. The van der Waals surface area contributed by atoms with Crippen LogP contribution in [0.1, 0.15) is 17.4 Å². The van der Waals surface area contributed by atoms with Crippen LogP contribution in [0.25, 0.3) is 0 Å². The molecule has 84 valence electrons. The molecule has 1 N–H and O–H groups in total. The van der Waals surface area contributed by atoms with Gasteiger partial charge < -0.3 is 9.52 Å². The van der Waals surface area contributed by atoms with Crippen molar-refractivity contribution >= 4 is 11.6 Å². The maximum atomic E-state index is 12.9. The quantitative estimate of drug-likeness (QED) is 0.879. The van der Waals surface area contributed by atoms with Gasteiger partial charge in [-0.25, -0.2) is 8.78 Å². The first-order chi connectivity index (χ1) is 7.58. The molecule has 1 aromatic carbocycles. The number of furan rings is 1. The van der Waals surface area contributed by atoms with Gasteiger partial charge in [-0.15, -0.1) is 0 Å². The average molecular weight is 245 g/mol. The molecule has 1 aromatic heterocycles. The molecular formula is C11H7ClF2O2. The molecule has 0 spiro atoms. The SMILES string of the molecule is OC(c1ccc(F)c(F)c1)c1ccc(Cl)o1. The second-order valence-corrected chi connectivity index (χ2v) is 3.59. The van der Waals surface area contributed by atoms with Crippen LogP contribution in [0.4, 0.5) is 8.78 Å². The largest absolute Gasteiger partial charge is 0.447 e. The maximum absolute atomic E-state index is 12.9. The maximum Gasteiger partial charge on any atom is 0.193 e. The zero-order valence-electron chi connectivity index (χ0n) is 7.95. The van der Waals surface area contributed by atoms with Gasteiger partial charge in [0.05, 0.1) is 0 Å². The fourth-order valence-corrected chi connectivity index (χ4v) is 1.47. The van der Waals surface area contributed by atoms with Crippen molar-refractivity contribution in [3.63, 3.8) is 0 Å². The van der Waals surface area contributed by atoms with Gasteiger partial charge in [0.15, 0.2) is 16.9 Å². The van der Waals surface area contributed by atoms with Gasteiger partial charge in [0.2, 0.25) is 0 Å². The molecule has 1 heterocycles. The fourth-order valence-electron chi connectivity index (χ4n) is 1.32. The van der Waals surface area contributed by atoms with Gasteiger partial charge in [-0.05, 0) is 41.4 Å². The normalized spacial score (nSPS) is 12.8. The van der Waals surface area contributed by atoms with E-state index in [0.29, 0.717) is 0 Å². The standard InChI is InChI=1S/C11H7ClF2O2/c12-10-4-3-9(16-10)11(15)6-1-2-7(13)8(14)5-6/h1-5,11,15H. The van der Waals surface area contributed by atoms with Gasteiger partial charge in [-0.3, -0.25) is 0 Å². The lowest BCUT2D eigenvalue weighted by Gasteiger charge is -2.08. The summed E-state index contributed by atoms with van der Waals surface area (Å²) < 4.78 is 30.6. The Morgan fingerprint density at radius 1 is 1.12 bits per heavy atom. The number of aliphatic hydroxyl groups excluding tert-OH is 1. The molecule has 0 fully saturated rings. The third kappa shape index (κ3) is 2.08. The van der Waals surface area contributed by atoms with Crippen LogP contribution < -0.4 is 0 Å². The number of aliphatic hydroxyl groups is 1. The van der Waals surface area contributed by atoms with Gasteiger partial charge in [-0.1, -0.05) is 6.07 Å². The van der Waals surface area contributed by atoms with Crippen molar-refractivity contribution in [2.45, 2.75) is 6.10 Å². The lowest BCUT2D eigenvalue weighted by atomic mass is 10.1. The van der Waals surface area contributed by atoms with Crippen LogP contribution in [0.2, 0.25) is 5.22 Å². The summed E-state index contributed by atoms with van der Waals surface area (Å²) in [6.45, 7) is 0. The van der Waals surface area contributed by atoms with Crippen molar-refractivity contribution in [1.82, 2.24) is 0 Å². The molecule has 0 aliphatic heterocycles. The smallest absolute Gasteiger partial charge is 0.193 e. The molecule has 0 aliphatic rings. The molecular weight excluding hydrogens is 238 g/mol. The molecule has 1 atom stereocenters. The molecule has 2 nitrogen and oxygen atoms in total. The fraction of sp³-hybridized carbons (Fsp3) is 0.0909. The number of hydrogen-bond acceptors (Lipinski definition) is 2. The monoisotopic (exact) mass is 244 g/mol. The summed E-state index contributed by atoms with van der Waals surface area (Å²) in [5.74, 6) is -1.81. The van der Waals surface area contributed by atoms with Crippen LogP contribution in [-0.4, -0.2) is 5.11 Å². The van der Waals surface area contributed by atoms with E-state index in [0.717, 1.165) is 12.1 Å². The van der Waals surface area contributed by atoms with E-state index in [4.69, 9.17) is 16.0 Å². The zero-order valence-corrected chi connectivity index (χ0v) is 8.71. The van der Waals surface area contributed by atoms with Gasteiger partial charge in [-0.2, -0.15) is 0 Å². The van der Waals surface area contributed by atoms with E-state index in [-0.39, 0.29) is 16.5 Å². The Hall–Kier alpha value is -1.39. The second kappa shape index (κ2) is 4.23. The molecule has 0 aliphatic carbocycles. The molecule has 0 amide bonds. The zero-order chi connectivity index (χ0) is 11.7. The predicted molar refractivity (Wildman–Crippen MR) is 54.1 cm³/mol. The van der Waals surface area contributed by atoms with Crippen LogP contribution in [0.3, 0.4) is 0 Å². The van der Waals surface area contributed by atoms with Gasteiger partial charge in [0, 0.05) is 0 Å². The number of rotatable bonds is 2. The molecule has 5 heteroatoms. The number of benzene rings is 1. The minimum Gasteiger partial charge on any atom is -0.447 e. The Morgan fingerprint density at radius 3 is 2.44 bits per heavy atom. The van der Waals surface area contributed by atoms with E-state index in [1.54, 1.807) is 0 Å². The Balaban J connectivity index is 2.33. The first kappa shape index (κ1) is 11.1. The third-order valence-electron chi connectivity index (χ3n) is 2.12. The number of hydrogen-bond donors (Lipinski definition) is 1. The van der Waals surface area contributed by atoms with Crippen molar-refractivity contribution in [3.05, 3.63) is 58.5 Å². The Kier molecular flexibility index (Phi) is 2.94. The summed E-state index contributed by atoms with van der Waals surface area (Å²) in [5.41, 5.74) is 0.199. The molecule has 2 aromatic rings. The highest BCUT2D eigenvalue weighted by Crippen LogP contribution is 2.26. The second-order valence-electron chi connectivity index (χ2n) is 3.22. The van der Waals surface area contributed by atoms with E-state index < -0.39 is 17.7 Å². The summed E-state index contributed by atoms with van der Waals surface area (Å²) in [6, 6.07) is 6.06. The minimum atomic E-state index is -1.16. The third-order valence-corrected chi connectivity index (χ3v) is 2.33. The first-order valence-corrected chi connectivity index (χ1v) is 4.84. The summed E-state index contributed by atoms with van der Waals surface area (Å²) in [7, 11) is 0. The molecule has 0 bridgehead atoms. The topological polar surface area (TPSA) is 33.4 Å². The summed E-state index contributed by atoms with van der Waals surface area (Å²) in [5, 5.41) is 9.90. The van der Waals surface area contributed by atoms with E-state index in [9.17, 15) is 13.9 Å². The molecule has 0 radical (unpaired) electrons. The van der Waals surface area contributed by atoms with Crippen molar-refractivity contribution in [2.24, 2.45) is 0 Å². The van der Waals surface area contributed by atoms with Gasteiger partial charge in [0.1, 0.15) is 11.9 Å². The van der Waals surface area contributed by atoms with Crippen LogP contribution in [-0.2, 0) is 0 Å². The number of halogens is 3. The first-order valence-electron chi connectivity index (χ1n) is 4.46. The lowest BCUT2D eigenvalue weighted by molar-refractivity contribution is 0.189. The highest BCUT2D eigenvalue weighted by atomic mass is 35.5. The summed E-state index contributed by atoms with van der Waals surface area (Å²) in [4.78, 5) is 0. The lowest BCUT2D eigenvalue weighted by Crippen LogP contribution is -1.99. The van der Waals surface area contributed by atoms with Crippen molar-refractivity contribution in [3.8, 4) is 0 Å². The summed E-state index contributed by atoms with van der Waals surface area (Å²) in [6.07, 6.45) is -1.16. The van der Waals surface area contributed by atoms with E-state index in [1.807, 2.05) is 0 Å². The average Bonchev–Trinajstić information content (AvgIpc) is 2.68. The molecule has 0 saturated heterocycles. The molecule has 16 heavy (non-hydrogen) atoms. The highest BCUT2D eigenvalue weighted by molar-refractivity contribution is 6.28.